The Kier molecular flexibility index (Phi) is 5.11. The molecule has 19 heavy (non-hydrogen) atoms. The van der Waals surface area contributed by atoms with Crippen molar-refractivity contribution in [3.63, 3.8) is 0 Å². The number of aromatic nitrogens is 1. The predicted molar refractivity (Wildman–Crippen MR) is 74.3 cm³/mol. The summed E-state index contributed by atoms with van der Waals surface area (Å²) >= 11 is 0. The summed E-state index contributed by atoms with van der Waals surface area (Å²) in [5.74, 6) is 0. The summed E-state index contributed by atoms with van der Waals surface area (Å²) in [6, 6.07) is 2.56. The fourth-order valence-corrected chi connectivity index (χ4v) is 1.53. The molecule has 0 bridgehead atoms. The molecule has 1 aromatic rings. The van der Waals surface area contributed by atoms with Crippen molar-refractivity contribution < 1.29 is 9.90 Å². The summed E-state index contributed by atoms with van der Waals surface area (Å²) in [4.78, 5) is 23.2. The minimum Gasteiger partial charge on any atom is -0.394 e. The number of pyridine rings is 1. The molecular weight excluding hydrogens is 246 g/mol. The lowest BCUT2D eigenvalue weighted by molar-refractivity contribution is 0.172. The van der Waals surface area contributed by atoms with Gasteiger partial charge in [0.15, 0.2) is 0 Å². The van der Waals surface area contributed by atoms with Crippen molar-refractivity contribution in [1.82, 2.24) is 9.88 Å². The van der Waals surface area contributed by atoms with E-state index in [-0.39, 0.29) is 12.2 Å². The molecule has 1 rings (SSSR count). The zero-order valence-corrected chi connectivity index (χ0v) is 11.6. The fourth-order valence-electron chi connectivity index (χ4n) is 1.53. The molecule has 0 aliphatic carbocycles. The van der Waals surface area contributed by atoms with Gasteiger partial charge in [0.25, 0.3) is 5.56 Å². The molecule has 0 radical (unpaired) electrons. The molecule has 1 atom stereocenters. The molecule has 1 heterocycles. The van der Waals surface area contributed by atoms with Crippen LogP contribution in [0.5, 0.6) is 0 Å². The van der Waals surface area contributed by atoms with Crippen LogP contribution in [0.25, 0.3) is 0 Å². The van der Waals surface area contributed by atoms with E-state index in [1.807, 2.05) is 13.8 Å². The fraction of sp³-hybridized carbons (Fsp3) is 0.538. The number of urea groups is 1. The molecule has 6 heteroatoms. The highest BCUT2D eigenvalue weighted by atomic mass is 16.3. The third-order valence-electron chi connectivity index (χ3n) is 3.13. The first-order valence-corrected chi connectivity index (χ1v) is 6.34. The van der Waals surface area contributed by atoms with Gasteiger partial charge < -0.3 is 20.3 Å². The van der Waals surface area contributed by atoms with E-state index in [2.05, 4.69) is 10.6 Å². The molecule has 3 N–H and O–H groups in total. The zero-order chi connectivity index (χ0) is 14.5. The van der Waals surface area contributed by atoms with Gasteiger partial charge in [-0.2, -0.15) is 0 Å². The number of aryl methyl sites for hydroxylation is 1. The minimum absolute atomic E-state index is 0.109. The van der Waals surface area contributed by atoms with Crippen molar-refractivity contribution in [2.75, 3.05) is 11.9 Å². The number of hydrogen-bond acceptors (Lipinski definition) is 3. The molecule has 1 aromatic heterocycles. The van der Waals surface area contributed by atoms with Gasteiger partial charge in [-0.3, -0.25) is 4.79 Å². The lowest BCUT2D eigenvalue weighted by Crippen LogP contribution is -2.50. The van der Waals surface area contributed by atoms with Crippen LogP contribution in [-0.2, 0) is 6.54 Å². The number of nitrogens with one attached hydrogen (secondary N) is 2. The molecule has 0 spiro atoms. The van der Waals surface area contributed by atoms with Crippen molar-refractivity contribution >= 4 is 11.7 Å². The predicted octanol–water partition coefficient (Wildman–Crippen LogP) is 1.15. The number of anilines is 1. The molecule has 0 fully saturated rings. The van der Waals surface area contributed by atoms with Gasteiger partial charge in [0.05, 0.1) is 17.8 Å². The van der Waals surface area contributed by atoms with Crippen LogP contribution in [0, 0.1) is 0 Å². The largest absolute Gasteiger partial charge is 0.394 e. The summed E-state index contributed by atoms with van der Waals surface area (Å²) in [5, 5.41) is 14.6. The maximum absolute atomic E-state index is 11.8. The average molecular weight is 267 g/mol. The molecule has 0 aliphatic heterocycles. The van der Waals surface area contributed by atoms with Crippen molar-refractivity contribution in [3.8, 4) is 0 Å². The second-order valence-electron chi connectivity index (χ2n) is 4.69. The molecule has 1 unspecified atom stereocenters. The van der Waals surface area contributed by atoms with Gasteiger partial charge in [-0.1, -0.05) is 6.92 Å². The molecule has 0 aromatic carbocycles. The van der Waals surface area contributed by atoms with Gasteiger partial charge in [-0.15, -0.1) is 0 Å². The monoisotopic (exact) mass is 267 g/mol. The average Bonchev–Trinajstić information content (AvgIpc) is 2.40. The quantitative estimate of drug-likeness (QED) is 0.748. The zero-order valence-electron chi connectivity index (χ0n) is 11.6. The summed E-state index contributed by atoms with van der Waals surface area (Å²) in [5.41, 5.74) is -0.221. The van der Waals surface area contributed by atoms with E-state index < -0.39 is 11.6 Å². The van der Waals surface area contributed by atoms with E-state index in [4.69, 9.17) is 0 Å². The first-order valence-electron chi connectivity index (χ1n) is 6.34. The number of aliphatic hydroxyl groups excluding tert-OH is 1. The lowest BCUT2D eigenvalue weighted by atomic mass is 10.0. The number of nitrogens with zero attached hydrogens (tertiary/aromatic N) is 1. The second kappa shape index (κ2) is 6.38. The number of carbonyl (C=O) groups is 1. The molecule has 106 valence electrons. The Morgan fingerprint density at radius 2 is 2.11 bits per heavy atom. The highest BCUT2D eigenvalue weighted by Gasteiger charge is 2.23. The van der Waals surface area contributed by atoms with Crippen LogP contribution in [-0.4, -0.2) is 27.9 Å². The minimum atomic E-state index is -0.650. The van der Waals surface area contributed by atoms with Crippen molar-refractivity contribution in [1.29, 1.82) is 0 Å². The Morgan fingerprint density at radius 3 is 2.63 bits per heavy atom. The molecule has 0 saturated carbocycles. The van der Waals surface area contributed by atoms with Gasteiger partial charge in [0.2, 0.25) is 0 Å². The SMILES string of the molecule is CCn1cc(NC(=O)NC(C)(CC)CO)ccc1=O. The topological polar surface area (TPSA) is 83.4 Å². The molecular formula is C13H21N3O3. The van der Waals surface area contributed by atoms with Crippen LogP contribution in [0.3, 0.4) is 0 Å². The highest BCUT2D eigenvalue weighted by molar-refractivity contribution is 5.89. The number of hydrogen-bond donors (Lipinski definition) is 3. The smallest absolute Gasteiger partial charge is 0.319 e. The van der Waals surface area contributed by atoms with Crippen LogP contribution in [0.2, 0.25) is 0 Å². The maximum atomic E-state index is 11.8. The normalized spacial score (nSPS) is 13.7. The number of aliphatic hydroxyl groups is 1. The van der Waals surface area contributed by atoms with Crippen LogP contribution in [0.1, 0.15) is 27.2 Å². The van der Waals surface area contributed by atoms with E-state index in [1.54, 1.807) is 19.2 Å². The van der Waals surface area contributed by atoms with Crippen LogP contribution in [0.15, 0.2) is 23.1 Å². The van der Waals surface area contributed by atoms with Crippen LogP contribution < -0.4 is 16.2 Å². The van der Waals surface area contributed by atoms with Crippen LogP contribution in [0.4, 0.5) is 10.5 Å². The van der Waals surface area contributed by atoms with Gasteiger partial charge >= 0.3 is 6.03 Å². The highest BCUT2D eigenvalue weighted by Crippen LogP contribution is 2.09. The van der Waals surface area contributed by atoms with Crippen molar-refractivity contribution in [2.24, 2.45) is 0 Å². The van der Waals surface area contributed by atoms with Gasteiger partial charge in [0.1, 0.15) is 0 Å². The van der Waals surface area contributed by atoms with Crippen LogP contribution >= 0.6 is 0 Å². The molecule has 6 nitrogen and oxygen atoms in total. The van der Waals surface area contributed by atoms with Gasteiger partial charge in [-0.05, 0) is 26.3 Å². The van der Waals surface area contributed by atoms with E-state index in [0.29, 0.717) is 18.7 Å². The van der Waals surface area contributed by atoms with E-state index in [1.165, 1.54) is 10.6 Å². The van der Waals surface area contributed by atoms with E-state index in [0.717, 1.165) is 0 Å². The Labute approximate surface area is 112 Å². The maximum Gasteiger partial charge on any atom is 0.319 e. The third-order valence-corrected chi connectivity index (χ3v) is 3.13. The third kappa shape index (κ3) is 4.10. The number of amides is 2. The summed E-state index contributed by atoms with van der Waals surface area (Å²) in [7, 11) is 0. The molecule has 0 saturated heterocycles. The molecule has 2 amide bonds. The van der Waals surface area contributed by atoms with Gasteiger partial charge in [0, 0.05) is 18.8 Å². The summed E-state index contributed by atoms with van der Waals surface area (Å²) < 4.78 is 1.50. The number of carbonyl (C=O) groups excluding carboxylic acids is 1. The Balaban J connectivity index is 2.75. The van der Waals surface area contributed by atoms with Crippen molar-refractivity contribution in [3.05, 3.63) is 28.7 Å². The van der Waals surface area contributed by atoms with Crippen molar-refractivity contribution in [2.45, 2.75) is 39.3 Å². The Morgan fingerprint density at radius 1 is 1.42 bits per heavy atom. The summed E-state index contributed by atoms with van der Waals surface area (Å²) in [6.07, 6.45) is 2.20. The van der Waals surface area contributed by atoms with E-state index >= 15 is 0 Å². The first kappa shape index (κ1) is 15.2. The van der Waals surface area contributed by atoms with E-state index in [9.17, 15) is 14.7 Å². The first-order chi connectivity index (χ1) is 8.94. The standard InChI is InChI=1S/C13H21N3O3/c1-4-13(3,9-17)15-12(19)14-10-6-7-11(18)16(5-2)8-10/h6-8,17H,4-5,9H2,1-3H3,(H2,14,15,19). The lowest BCUT2D eigenvalue weighted by Gasteiger charge is -2.27. The van der Waals surface area contributed by atoms with Gasteiger partial charge in [-0.25, -0.2) is 4.79 Å². The Bertz CT molecular complexity index is 492. The summed E-state index contributed by atoms with van der Waals surface area (Å²) in [6.45, 7) is 5.91. The second-order valence-corrected chi connectivity index (χ2v) is 4.69. The molecule has 0 aliphatic rings. The number of rotatable bonds is 5. The Hall–Kier alpha value is -1.82.